The molecule has 1 aliphatic rings. The van der Waals surface area contributed by atoms with Crippen molar-refractivity contribution in [1.82, 2.24) is 0 Å². The molecule has 0 nitrogen and oxygen atoms in total. The van der Waals surface area contributed by atoms with E-state index in [-0.39, 0.29) is 29.1 Å². The van der Waals surface area contributed by atoms with Crippen LogP contribution in [0.5, 0.6) is 0 Å². The molecular weight excluding hydrogens is 151 g/mol. The van der Waals surface area contributed by atoms with Crippen molar-refractivity contribution in [2.24, 2.45) is 0 Å². The van der Waals surface area contributed by atoms with Gasteiger partial charge in [-0.15, -0.1) is 0 Å². The van der Waals surface area contributed by atoms with Gasteiger partial charge < -0.3 is 2.85 Å². The van der Waals surface area contributed by atoms with Gasteiger partial charge in [0, 0.05) is 0 Å². The molecule has 0 heterocycles. The molecular formula is C5H8Zr. The quantitative estimate of drug-likeness (QED) is 0.505. The maximum Gasteiger partial charge on any atom is 2.00 e. The largest absolute Gasteiger partial charge is 2.00 e. The van der Waals surface area contributed by atoms with Crippen LogP contribution in [0.3, 0.4) is 0 Å². The number of allylic oxidation sites excluding steroid dienone is 4. The molecule has 0 unspecified atom stereocenters. The van der Waals surface area contributed by atoms with Crippen LogP contribution in [0, 0.1) is 0 Å². The minimum atomic E-state index is 0. The zero-order chi connectivity index (χ0) is 3.54. The van der Waals surface area contributed by atoms with Gasteiger partial charge in [-0.25, -0.2) is 0 Å². The van der Waals surface area contributed by atoms with Gasteiger partial charge in [-0.05, 0) is 6.42 Å². The second-order valence-electron chi connectivity index (χ2n) is 1.09. The van der Waals surface area contributed by atoms with Crippen molar-refractivity contribution in [1.29, 1.82) is 0 Å². The Morgan fingerprint density at radius 2 is 1.67 bits per heavy atom. The monoisotopic (exact) mass is 158 g/mol. The minimum Gasteiger partial charge on any atom is -1.00 e. The maximum atomic E-state index is 2.12. The van der Waals surface area contributed by atoms with Crippen LogP contribution >= 0.6 is 0 Å². The molecule has 0 fully saturated rings. The molecule has 1 rings (SSSR count). The summed E-state index contributed by atoms with van der Waals surface area (Å²) in [7, 11) is 0. The van der Waals surface area contributed by atoms with Crippen LogP contribution in [0.15, 0.2) is 24.3 Å². The van der Waals surface area contributed by atoms with Gasteiger partial charge in [-0.3, -0.25) is 0 Å². The standard InChI is InChI=1S/C5H6.Zr.2H/c1-2-4-5-3-1;;;/h1-4H,5H2;;;/q;+2;2*-1. The smallest absolute Gasteiger partial charge is 1.00 e. The second kappa shape index (κ2) is 3.55. The summed E-state index contributed by atoms with van der Waals surface area (Å²) in [5, 5.41) is 0. The average Bonchev–Trinajstić information content (AvgIpc) is 1.76. The first-order valence-corrected chi connectivity index (χ1v) is 1.82. The van der Waals surface area contributed by atoms with E-state index in [0.29, 0.717) is 0 Å². The van der Waals surface area contributed by atoms with E-state index in [1.807, 2.05) is 0 Å². The van der Waals surface area contributed by atoms with Crippen molar-refractivity contribution in [2.75, 3.05) is 0 Å². The van der Waals surface area contributed by atoms with Crippen LogP contribution in [-0.2, 0) is 26.2 Å². The predicted octanol–water partition coefficient (Wildman–Crippen LogP) is 1.73. The first kappa shape index (κ1) is 6.36. The fourth-order valence-electron chi connectivity index (χ4n) is 0.393. The predicted molar refractivity (Wildman–Crippen MR) is 25.1 cm³/mol. The van der Waals surface area contributed by atoms with Gasteiger partial charge in [0.05, 0.1) is 0 Å². The van der Waals surface area contributed by atoms with E-state index in [0.717, 1.165) is 6.42 Å². The first-order chi connectivity index (χ1) is 2.50. The summed E-state index contributed by atoms with van der Waals surface area (Å²) in [6, 6.07) is 0. The topological polar surface area (TPSA) is 0 Å². The van der Waals surface area contributed by atoms with E-state index in [4.69, 9.17) is 0 Å². The van der Waals surface area contributed by atoms with Gasteiger partial charge in [0.15, 0.2) is 0 Å². The summed E-state index contributed by atoms with van der Waals surface area (Å²) in [6.07, 6.45) is 9.50. The molecule has 0 radical (unpaired) electrons. The first-order valence-electron chi connectivity index (χ1n) is 1.82. The van der Waals surface area contributed by atoms with Crippen molar-refractivity contribution >= 4 is 0 Å². The fraction of sp³-hybridized carbons (Fsp3) is 0.200. The summed E-state index contributed by atoms with van der Waals surface area (Å²) in [5.41, 5.74) is 0. The molecule has 1 heteroatoms. The molecule has 0 atom stereocenters. The van der Waals surface area contributed by atoms with E-state index >= 15 is 0 Å². The van der Waals surface area contributed by atoms with Gasteiger partial charge in [0.25, 0.3) is 0 Å². The molecule has 6 heavy (non-hydrogen) atoms. The van der Waals surface area contributed by atoms with Crippen LogP contribution in [0.4, 0.5) is 0 Å². The Morgan fingerprint density at radius 1 is 1.17 bits per heavy atom. The number of hydrogen-bond donors (Lipinski definition) is 0. The molecule has 0 N–H and O–H groups in total. The van der Waals surface area contributed by atoms with Crippen LogP contribution in [-0.4, -0.2) is 0 Å². The molecule has 0 aromatic heterocycles. The summed E-state index contributed by atoms with van der Waals surface area (Å²) in [6.45, 7) is 0. The van der Waals surface area contributed by atoms with E-state index < -0.39 is 0 Å². The van der Waals surface area contributed by atoms with E-state index in [1.54, 1.807) is 0 Å². The van der Waals surface area contributed by atoms with E-state index in [1.165, 1.54) is 0 Å². The molecule has 0 saturated carbocycles. The van der Waals surface area contributed by atoms with E-state index in [9.17, 15) is 0 Å². The van der Waals surface area contributed by atoms with Crippen molar-refractivity contribution in [3.63, 3.8) is 0 Å². The summed E-state index contributed by atoms with van der Waals surface area (Å²) in [5.74, 6) is 0. The molecule has 0 aliphatic heterocycles. The zero-order valence-electron chi connectivity index (χ0n) is 5.52. The van der Waals surface area contributed by atoms with Crippen molar-refractivity contribution in [3.05, 3.63) is 24.3 Å². The summed E-state index contributed by atoms with van der Waals surface area (Å²) < 4.78 is 0. The fourth-order valence-corrected chi connectivity index (χ4v) is 0.393. The number of rotatable bonds is 0. The maximum absolute atomic E-state index is 2.12. The van der Waals surface area contributed by atoms with Gasteiger partial charge in [0.2, 0.25) is 0 Å². The Kier molecular flexibility index (Phi) is 3.76. The molecule has 0 aromatic rings. The Labute approximate surface area is 60.0 Å². The van der Waals surface area contributed by atoms with Gasteiger partial charge in [0.1, 0.15) is 0 Å². The van der Waals surface area contributed by atoms with Crippen LogP contribution in [0.25, 0.3) is 0 Å². The van der Waals surface area contributed by atoms with Gasteiger partial charge in [-0.1, -0.05) is 24.3 Å². The molecule has 0 aromatic carbocycles. The normalized spacial score (nSPS) is 14.7. The van der Waals surface area contributed by atoms with Crippen molar-refractivity contribution < 1.29 is 29.1 Å². The average molecular weight is 159 g/mol. The molecule has 0 bridgehead atoms. The Bertz CT molecular complexity index is 68.5. The van der Waals surface area contributed by atoms with E-state index in [2.05, 4.69) is 24.3 Å². The van der Waals surface area contributed by atoms with Crippen molar-refractivity contribution in [2.45, 2.75) is 6.42 Å². The molecule has 32 valence electrons. The third-order valence-electron chi connectivity index (χ3n) is 0.655. The summed E-state index contributed by atoms with van der Waals surface area (Å²) >= 11 is 0. The Hall–Kier alpha value is 0.363. The second-order valence-corrected chi connectivity index (χ2v) is 1.09. The molecule has 0 amide bonds. The number of hydrogen-bond acceptors (Lipinski definition) is 0. The summed E-state index contributed by atoms with van der Waals surface area (Å²) in [4.78, 5) is 0. The molecule has 0 spiro atoms. The van der Waals surface area contributed by atoms with Crippen LogP contribution in [0.2, 0.25) is 0 Å². The third kappa shape index (κ3) is 1.72. The van der Waals surface area contributed by atoms with Crippen molar-refractivity contribution in [3.8, 4) is 0 Å². The molecule has 0 saturated heterocycles. The minimum absolute atomic E-state index is 0. The van der Waals surface area contributed by atoms with Crippen LogP contribution < -0.4 is 0 Å². The third-order valence-corrected chi connectivity index (χ3v) is 0.655. The zero-order valence-corrected chi connectivity index (χ0v) is 5.97. The molecule has 1 aliphatic carbocycles. The SMILES string of the molecule is C1=CCC=C1.[H-].[H-].[Zr+2]. The Balaban J connectivity index is -0.0000000833. The Morgan fingerprint density at radius 3 is 1.83 bits per heavy atom. The van der Waals surface area contributed by atoms with Crippen LogP contribution in [0.1, 0.15) is 9.27 Å². The van der Waals surface area contributed by atoms with Gasteiger partial charge >= 0.3 is 26.2 Å². The van der Waals surface area contributed by atoms with Gasteiger partial charge in [-0.2, -0.15) is 0 Å².